The molecule has 2 aliphatic rings. The Kier molecular flexibility index (Phi) is 4.36. The minimum atomic E-state index is 0.425. The number of rotatable bonds is 5. The number of nitrogens with one attached hydrogen (secondary N) is 1. The zero-order valence-corrected chi connectivity index (χ0v) is 15.5. The van der Waals surface area contributed by atoms with Crippen molar-refractivity contribution in [1.82, 2.24) is 9.97 Å². The first kappa shape index (κ1) is 16.4. The first-order valence-electron chi connectivity index (χ1n) is 9.63. The fourth-order valence-corrected chi connectivity index (χ4v) is 3.54. The second kappa shape index (κ2) is 6.66. The molecule has 2 atom stereocenters. The second-order valence-electron chi connectivity index (χ2n) is 7.65. The Balaban J connectivity index is 1.66. The molecule has 1 saturated carbocycles. The molecule has 25 heavy (non-hydrogen) atoms. The van der Waals surface area contributed by atoms with Gasteiger partial charge in [-0.25, -0.2) is 9.97 Å². The maximum atomic E-state index is 4.95. The summed E-state index contributed by atoms with van der Waals surface area (Å²) in [6, 6.07) is 11.8. The quantitative estimate of drug-likeness (QED) is 0.872. The van der Waals surface area contributed by atoms with Gasteiger partial charge in [0.2, 0.25) is 0 Å². The number of hydrogen-bond acceptors (Lipinski definition) is 4. The fraction of sp³-hybridized carbons (Fsp3) is 0.524. The van der Waals surface area contributed by atoms with E-state index in [1.54, 1.807) is 0 Å². The van der Waals surface area contributed by atoms with E-state index < -0.39 is 0 Å². The summed E-state index contributed by atoms with van der Waals surface area (Å²) in [6.07, 6.45) is 4.62. The molecule has 1 aromatic carbocycles. The molecule has 0 unspecified atom stereocenters. The maximum absolute atomic E-state index is 4.95. The molecule has 1 N–H and O–H groups in total. The third kappa shape index (κ3) is 3.48. The van der Waals surface area contributed by atoms with Gasteiger partial charge in [-0.05, 0) is 50.7 Å². The molecular formula is C21H28N4. The molecule has 4 heteroatoms. The van der Waals surface area contributed by atoms with Crippen molar-refractivity contribution < 1.29 is 0 Å². The number of nitrogens with zero attached hydrogens (tertiary/aromatic N) is 3. The Hall–Kier alpha value is -2.10. The average molecular weight is 336 g/mol. The van der Waals surface area contributed by atoms with E-state index in [2.05, 4.69) is 61.3 Å². The lowest BCUT2D eigenvalue weighted by molar-refractivity contribution is 0.584. The highest BCUT2D eigenvalue weighted by atomic mass is 15.2. The van der Waals surface area contributed by atoms with Gasteiger partial charge in [0.05, 0.1) is 0 Å². The van der Waals surface area contributed by atoms with Crippen LogP contribution in [-0.4, -0.2) is 22.1 Å². The molecule has 2 heterocycles. The van der Waals surface area contributed by atoms with E-state index in [1.807, 2.05) is 0 Å². The smallest absolute Gasteiger partial charge is 0.136 e. The predicted molar refractivity (Wildman–Crippen MR) is 103 cm³/mol. The number of hydrogen-bond donors (Lipinski definition) is 1. The molecule has 0 saturated heterocycles. The zero-order valence-electron chi connectivity index (χ0n) is 15.5. The van der Waals surface area contributed by atoms with Crippen molar-refractivity contribution in [3.8, 4) is 0 Å². The van der Waals surface area contributed by atoms with Gasteiger partial charge < -0.3 is 10.2 Å². The van der Waals surface area contributed by atoms with Gasteiger partial charge in [0, 0.05) is 30.6 Å². The van der Waals surface area contributed by atoms with Crippen molar-refractivity contribution >= 4 is 11.6 Å². The van der Waals surface area contributed by atoms with Crippen LogP contribution in [0.5, 0.6) is 0 Å². The number of aromatic nitrogens is 2. The molecule has 1 aliphatic heterocycles. The van der Waals surface area contributed by atoms with E-state index in [4.69, 9.17) is 9.97 Å². The lowest BCUT2D eigenvalue weighted by Crippen LogP contribution is -2.39. The Morgan fingerprint density at radius 2 is 1.96 bits per heavy atom. The van der Waals surface area contributed by atoms with Crippen LogP contribution < -0.4 is 10.2 Å². The number of benzene rings is 1. The van der Waals surface area contributed by atoms with E-state index in [9.17, 15) is 0 Å². The normalized spacial score (nSPS) is 20.9. The van der Waals surface area contributed by atoms with Crippen LogP contribution in [0.25, 0.3) is 0 Å². The molecule has 1 aliphatic carbocycles. The monoisotopic (exact) mass is 336 g/mol. The van der Waals surface area contributed by atoms with Crippen LogP contribution in [0.3, 0.4) is 0 Å². The van der Waals surface area contributed by atoms with Crippen LogP contribution >= 0.6 is 0 Å². The van der Waals surface area contributed by atoms with Crippen LogP contribution in [0.1, 0.15) is 62.9 Å². The Bertz CT molecular complexity index is 753. The topological polar surface area (TPSA) is 41.0 Å². The van der Waals surface area contributed by atoms with E-state index in [-0.39, 0.29) is 0 Å². The minimum absolute atomic E-state index is 0.425. The molecule has 0 radical (unpaired) electrons. The Morgan fingerprint density at radius 1 is 1.20 bits per heavy atom. The van der Waals surface area contributed by atoms with Gasteiger partial charge in [-0.2, -0.15) is 0 Å². The highest BCUT2D eigenvalue weighted by Crippen LogP contribution is 2.40. The van der Waals surface area contributed by atoms with Crippen LogP contribution in [0.2, 0.25) is 0 Å². The molecule has 0 amide bonds. The molecule has 4 nitrogen and oxygen atoms in total. The molecule has 132 valence electrons. The summed E-state index contributed by atoms with van der Waals surface area (Å²) >= 11 is 0. The molecule has 2 aromatic rings. The highest BCUT2D eigenvalue weighted by molar-refractivity contribution is 5.53. The summed E-state index contributed by atoms with van der Waals surface area (Å²) in [6.45, 7) is 7.64. The van der Waals surface area contributed by atoms with Crippen LogP contribution in [0, 0.1) is 0 Å². The molecule has 1 aromatic heterocycles. The molecule has 0 bridgehead atoms. The summed E-state index contributed by atoms with van der Waals surface area (Å²) in [5, 5.41) is 3.55. The van der Waals surface area contributed by atoms with Gasteiger partial charge in [0.1, 0.15) is 17.5 Å². The van der Waals surface area contributed by atoms with Gasteiger partial charge in [-0.1, -0.05) is 31.2 Å². The summed E-state index contributed by atoms with van der Waals surface area (Å²) in [5.41, 5.74) is 2.89. The number of fused-ring (bicyclic) bond motifs is 1. The van der Waals surface area contributed by atoms with Crippen molar-refractivity contribution in [2.75, 3.05) is 10.2 Å². The lowest BCUT2D eigenvalue weighted by atomic mass is 9.95. The summed E-state index contributed by atoms with van der Waals surface area (Å²) in [7, 11) is 0. The molecule has 0 spiro atoms. The van der Waals surface area contributed by atoms with Crippen molar-refractivity contribution in [1.29, 1.82) is 0 Å². The summed E-state index contributed by atoms with van der Waals surface area (Å²) in [4.78, 5) is 12.2. The molecular weight excluding hydrogens is 308 g/mol. The summed E-state index contributed by atoms with van der Waals surface area (Å²) < 4.78 is 0. The standard InChI is InChI=1S/C21H28N4/c1-4-14(2)22-19-12-20(24-21(23-19)16-9-10-16)25-13-18-8-6-5-7-17(18)11-15(25)3/h5-8,12,14-16H,4,9-11,13H2,1-3H3,(H,22,23,24)/t14-,15-/m1/s1. The van der Waals surface area contributed by atoms with E-state index in [1.165, 1.54) is 24.0 Å². The minimum Gasteiger partial charge on any atom is -0.367 e. The van der Waals surface area contributed by atoms with Gasteiger partial charge in [0.15, 0.2) is 0 Å². The van der Waals surface area contributed by atoms with E-state index in [0.717, 1.165) is 36.8 Å². The maximum Gasteiger partial charge on any atom is 0.136 e. The largest absolute Gasteiger partial charge is 0.367 e. The fourth-order valence-electron chi connectivity index (χ4n) is 3.54. The van der Waals surface area contributed by atoms with Gasteiger partial charge in [-0.3, -0.25) is 0 Å². The van der Waals surface area contributed by atoms with Crippen molar-refractivity contribution in [3.63, 3.8) is 0 Å². The number of anilines is 2. The third-order valence-electron chi connectivity index (χ3n) is 5.48. The average Bonchev–Trinajstić information content (AvgIpc) is 3.46. The van der Waals surface area contributed by atoms with E-state index >= 15 is 0 Å². The second-order valence-corrected chi connectivity index (χ2v) is 7.65. The highest BCUT2D eigenvalue weighted by Gasteiger charge is 2.30. The van der Waals surface area contributed by atoms with Crippen molar-refractivity contribution in [3.05, 3.63) is 47.3 Å². The van der Waals surface area contributed by atoms with Crippen molar-refractivity contribution in [2.45, 2.75) is 71.0 Å². The first-order valence-corrected chi connectivity index (χ1v) is 9.63. The van der Waals surface area contributed by atoms with Crippen LogP contribution in [-0.2, 0) is 13.0 Å². The lowest BCUT2D eigenvalue weighted by Gasteiger charge is -2.36. The summed E-state index contributed by atoms with van der Waals surface area (Å²) in [5.74, 6) is 3.64. The van der Waals surface area contributed by atoms with Crippen LogP contribution in [0.4, 0.5) is 11.6 Å². The SMILES string of the molecule is CC[C@@H](C)Nc1cc(N2Cc3ccccc3C[C@H]2C)nc(C2CC2)n1. The van der Waals surface area contributed by atoms with Gasteiger partial charge in [-0.15, -0.1) is 0 Å². The zero-order chi connectivity index (χ0) is 17.4. The van der Waals surface area contributed by atoms with Crippen LogP contribution in [0.15, 0.2) is 30.3 Å². The third-order valence-corrected chi connectivity index (χ3v) is 5.48. The Labute approximate surface area is 150 Å². The predicted octanol–water partition coefficient (Wildman–Crippen LogP) is 4.52. The molecule has 1 fully saturated rings. The van der Waals surface area contributed by atoms with Gasteiger partial charge in [0.25, 0.3) is 0 Å². The van der Waals surface area contributed by atoms with E-state index in [0.29, 0.717) is 18.0 Å². The first-order chi connectivity index (χ1) is 12.1. The Morgan fingerprint density at radius 3 is 2.68 bits per heavy atom. The van der Waals surface area contributed by atoms with Gasteiger partial charge >= 0.3 is 0 Å². The van der Waals surface area contributed by atoms with Crippen molar-refractivity contribution in [2.24, 2.45) is 0 Å². The molecule has 4 rings (SSSR count).